The maximum atomic E-state index is 8.80. The lowest BCUT2D eigenvalue weighted by Gasteiger charge is -2.25. The number of fused-ring (bicyclic) bond motifs is 6. The Morgan fingerprint density at radius 2 is 1.11 bits per heavy atom. The molecule has 10 aromatic rings. The molecule has 62 heavy (non-hydrogen) atoms. The Morgan fingerprint density at radius 1 is 0.516 bits per heavy atom. The predicted octanol–water partition coefficient (Wildman–Crippen LogP) is 15.0. The van der Waals surface area contributed by atoms with Crippen LogP contribution in [0.3, 0.4) is 0 Å². The van der Waals surface area contributed by atoms with Crippen LogP contribution in [0.4, 0.5) is 17.1 Å². The van der Waals surface area contributed by atoms with Gasteiger partial charge >= 0.3 is 0 Å². The summed E-state index contributed by atoms with van der Waals surface area (Å²) >= 11 is 0. The van der Waals surface area contributed by atoms with Crippen molar-refractivity contribution in [2.75, 3.05) is 10.6 Å². The fourth-order valence-corrected chi connectivity index (χ4v) is 8.27. The maximum Gasteiger partial charge on any atom is 0.0717 e. The molecule has 1 aliphatic heterocycles. The van der Waals surface area contributed by atoms with Crippen molar-refractivity contribution in [3.05, 3.63) is 260 Å². The van der Waals surface area contributed by atoms with Crippen LogP contribution in [0.25, 0.3) is 54.6 Å². The third-order valence-corrected chi connectivity index (χ3v) is 11.3. The Morgan fingerprint density at radius 3 is 1.87 bits per heavy atom. The van der Waals surface area contributed by atoms with Crippen LogP contribution in [-0.2, 0) is 0 Å². The molecule has 0 atom stereocenters. The largest absolute Gasteiger partial charge is 0.398 e. The number of aryl methyl sites for hydroxylation is 1. The zero-order valence-corrected chi connectivity index (χ0v) is 34.6. The van der Waals surface area contributed by atoms with Gasteiger partial charge in [0.2, 0.25) is 0 Å². The van der Waals surface area contributed by atoms with E-state index in [1.165, 1.54) is 33.1 Å². The van der Waals surface area contributed by atoms with E-state index >= 15 is 0 Å². The molecule has 0 saturated heterocycles. The molecular formula is C58H46N4. The van der Waals surface area contributed by atoms with E-state index in [1.54, 1.807) is 0 Å². The van der Waals surface area contributed by atoms with Gasteiger partial charge in [-0.2, -0.15) is 0 Å². The Balaban J connectivity index is 0.000000146. The molecule has 4 heteroatoms. The van der Waals surface area contributed by atoms with Crippen LogP contribution in [0.15, 0.2) is 237 Å². The number of nitrogens with zero attached hydrogens (tertiary/aromatic N) is 2. The Bertz CT molecular complexity index is 3270. The number of hydrogen-bond acceptors (Lipinski definition) is 3. The van der Waals surface area contributed by atoms with Crippen LogP contribution >= 0.6 is 0 Å². The highest BCUT2D eigenvalue weighted by Crippen LogP contribution is 2.39. The standard InChI is InChI=1S/C31H24N2.C21H16N2.C6H6/c1-22-14-16-24(17-15-22)33-30-13-6-4-11-27(30)28-19-18-25(21-31(28)33)32-20-8-7-9-23(2)26-10-3-5-12-29(26)32;22-19-13-12-15-7-2-4-10-17(15)20(19)21(23)18-11-5-8-14-6-1-3-9-16(14)18;1-2-4-6-5-3-1/h3-21H,2H2,1H3;1-13,23H,22H2;1-6H/b9-7-,20-8-;;. The molecule has 2 heterocycles. The normalized spacial score (nSPS) is 13.0. The second kappa shape index (κ2) is 17.6. The van der Waals surface area contributed by atoms with E-state index in [0.717, 1.165) is 55.2 Å². The Labute approximate surface area is 363 Å². The van der Waals surface area contributed by atoms with Crippen molar-refractivity contribution < 1.29 is 0 Å². The molecule has 0 saturated carbocycles. The van der Waals surface area contributed by atoms with E-state index in [1.807, 2.05) is 97.1 Å². The van der Waals surface area contributed by atoms with E-state index in [0.29, 0.717) is 11.4 Å². The molecule has 0 fully saturated rings. The SMILES string of the molecule is C=C1/C=C\C=C/N(c2ccc3c4ccccc4n(-c4ccc(C)cc4)c3c2)c2ccccc21.N=C(c1cccc2ccccc12)c1c(N)ccc2ccccc12.c1ccccc1. The zero-order chi connectivity index (χ0) is 42.4. The molecule has 11 rings (SSSR count). The molecule has 1 aromatic heterocycles. The molecule has 298 valence electrons. The van der Waals surface area contributed by atoms with Gasteiger partial charge in [-0.3, -0.25) is 5.41 Å². The monoisotopic (exact) mass is 798 g/mol. The lowest BCUT2D eigenvalue weighted by molar-refractivity contribution is 1.17. The first-order valence-corrected chi connectivity index (χ1v) is 20.8. The van der Waals surface area contributed by atoms with Gasteiger partial charge in [0.1, 0.15) is 0 Å². The van der Waals surface area contributed by atoms with Gasteiger partial charge in [-0.15, -0.1) is 0 Å². The van der Waals surface area contributed by atoms with Crippen molar-refractivity contribution in [1.29, 1.82) is 5.41 Å². The molecular weight excluding hydrogens is 753 g/mol. The molecule has 0 unspecified atom stereocenters. The number of rotatable bonds is 4. The summed E-state index contributed by atoms with van der Waals surface area (Å²) in [5.41, 5.74) is 18.3. The van der Waals surface area contributed by atoms with E-state index < -0.39 is 0 Å². The number of anilines is 3. The first kappa shape index (κ1) is 39.3. The summed E-state index contributed by atoms with van der Waals surface area (Å²) in [5.74, 6) is 0. The van der Waals surface area contributed by atoms with Crippen molar-refractivity contribution in [1.82, 2.24) is 4.57 Å². The summed E-state index contributed by atoms with van der Waals surface area (Å²) in [6.07, 6.45) is 8.31. The summed E-state index contributed by atoms with van der Waals surface area (Å²) < 4.78 is 2.37. The van der Waals surface area contributed by atoms with Gasteiger partial charge in [-0.1, -0.05) is 188 Å². The minimum absolute atomic E-state index is 0.469. The fraction of sp³-hybridized carbons (Fsp3) is 0.0172. The molecule has 0 aliphatic carbocycles. The minimum Gasteiger partial charge on any atom is -0.398 e. The quantitative estimate of drug-likeness (QED) is 0.138. The van der Waals surface area contributed by atoms with Crippen LogP contribution in [-0.4, -0.2) is 10.3 Å². The average molecular weight is 799 g/mol. The highest BCUT2D eigenvalue weighted by atomic mass is 15.1. The van der Waals surface area contributed by atoms with Gasteiger partial charge in [-0.05, 0) is 82.6 Å². The van der Waals surface area contributed by atoms with E-state index in [9.17, 15) is 0 Å². The average Bonchev–Trinajstić information content (AvgIpc) is 3.65. The van der Waals surface area contributed by atoms with E-state index in [4.69, 9.17) is 11.1 Å². The molecule has 0 amide bonds. The number of hydrogen-bond donors (Lipinski definition) is 2. The first-order valence-electron chi connectivity index (χ1n) is 20.8. The minimum atomic E-state index is 0.469. The molecule has 1 aliphatic rings. The van der Waals surface area contributed by atoms with Gasteiger partial charge in [0.15, 0.2) is 0 Å². The molecule has 0 radical (unpaired) electrons. The summed E-state index contributed by atoms with van der Waals surface area (Å²) in [6, 6.07) is 70.8. The maximum absolute atomic E-state index is 8.80. The van der Waals surface area contributed by atoms with Gasteiger partial charge in [-0.25, -0.2) is 0 Å². The van der Waals surface area contributed by atoms with Crippen molar-refractivity contribution in [2.45, 2.75) is 6.92 Å². The predicted molar refractivity (Wildman–Crippen MR) is 266 cm³/mol. The number of benzene rings is 9. The Kier molecular flexibility index (Phi) is 11.1. The molecule has 4 nitrogen and oxygen atoms in total. The number of nitrogens with one attached hydrogen (secondary N) is 1. The number of nitrogens with two attached hydrogens (primary N) is 1. The summed E-state index contributed by atoms with van der Waals surface area (Å²) in [6.45, 7) is 6.40. The topological polar surface area (TPSA) is 58.0 Å². The third-order valence-electron chi connectivity index (χ3n) is 11.3. The first-order chi connectivity index (χ1) is 30.5. The number of aromatic nitrogens is 1. The zero-order valence-electron chi connectivity index (χ0n) is 34.6. The Hall–Kier alpha value is -8.21. The highest BCUT2D eigenvalue weighted by molar-refractivity contribution is 6.25. The highest BCUT2D eigenvalue weighted by Gasteiger charge is 2.18. The van der Waals surface area contributed by atoms with Gasteiger partial charge < -0.3 is 15.2 Å². The number of nitrogen functional groups attached to an aromatic ring is 1. The molecule has 3 N–H and O–H groups in total. The van der Waals surface area contributed by atoms with Crippen molar-refractivity contribution in [3.8, 4) is 5.69 Å². The van der Waals surface area contributed by atoms with Crippen molar-refractivity contribution in [2.24, 2.45) is 0 Å². The van der Waals surface area contributed by atoms with Crippen LogP contribution in [0.2, 0.25) is 0 Å². The molecule has 9 aromatic carbocycles. The van der Waals surface area contributed by atoms with Crippen LogP contribution in [0, 0.1) is 12.3 Å². The van der Waals surface area contributed by atoms with Crippen molar-refractivity contribution in [3.63, 3.8) is 0 Å². The lowest BCUT2D eigenvalue weighted by atomic mass is 9.92. The number of para-hydroxylation sites is 2. The summed E-state index contributed by atoms with van der Waals surface area (Å²) in [7, 11) is 0. The summed E-state index contributed by atoms with van der Waals surface area (Å²) in [5, 5.41) is 15.6. The molecule has 0 bridgehead atoms. The molecule has 0 spiro atoms. The van der Waals surface area contributed by atoms with E-state index in [-0.39, 0.29) is 0 Å². The smallest absolute Gasteiger partial charge is 0.0717 e. The second-order valence-corrected chi connectivity index (χ2v) is 15.3. The van der Waals surface area contributed by atoms with Gasteiger partial charge in [0.25, 0.3) is 0 Å². The van der Waals surface area contributed by atoms with Crippen LogP contribution < -0.4 is 10.6 Å². The second-order valence-electron chi connectivity index (χ2n) is 15.3. The lowest BCUT2D eigenvalue weighted by Crippen LogP contribution is -2.11. The van der Waals surface area contributed by atoms with E-state index in [2.05, 4.69) is 157 Å². The third kappa shape index (κ3) is 7.81. The van der Waals surface area contributed by atoms with Crippen LogP contribution in [0.5, 0.6) is 0 Å². The van der Waals surface area contributed by atoms with Crippen molar-refractivity contribution >= 4 is 71.7 Å². The number of allylic oxidation sites excluding steroid dienone is 4. The summed E-state index contributed by atoms with van der Waals surface area (Å²) in [4.78, 5) is 2.25. The van der Waals surface area contributed by atoms with Gasteiger partial charge in [0, 0.05) is 50.7 Å². The fourth-order valence-electron chi connectivity index (χ4n) is 8.27. The van der Waals surface area contributed by atoms with Crippen LogP contribution in [0.1, 0.15) is 22.3 Å². The van der Waals surface area contributed by atoms with Gasteiger partial charge in [0.05, 0.1) is 22.4 Å².